The molecule has 1 N–H and O–H groups in total. The second-order valence-electron chi connectivity index (χ2n) is 4.57. The number of benzene rings is 1. The Morgan fingerprint density at radius 3 is 2.61 bits per heavy atom. The van der Waals surface area contributed by atoms with Crippen molar-refractivity contribution in [2.45, 2.75) is 13.0 Å². The number of nitrogens with zero attached hydrogens (tertiary/aromatic N) is 1. The zero-order valence-corrected chi connectivity index (χ0v) is 13.1. The van der Waals surface area contributed by atoms with Gasteiger partial charge in [-0.15, -0.1) is 0 Å². The quantitative estimate of drug-likeness (QED) is 0.718. The van der Waals surface area contributed by atoms with Gasteiger partial charge in [-0.2, -0.15) is 8.42 Å². The van der Waals surface area contributed by atoms with Crippen molar-refractivity contribution in [2.24, 2.45) is 0 Å². The molecular weight excluding hydrogens is 326 g/mol. The van der Waals surface area contributed by atoms with Crippen LogP contribution in [0.2, 0.25) is 0 Å². The molecule has 9 heteroatoms. The molecule has 124 valence electrons. The standard InChI is InChI=1S/C14H15NO7S/c1-23(18,19)21-8-7-11-13(14(16)17)22-12(15-11)9-20-10-5-3-2-4-6-10/h2-6H,7-9H2,1H3,(H,16,17). The van der Waals surface area contributed by atoms with Gasteiger partial charge in [0.25, 0.3) is 10.1 Å². The molecule has 0 amide bonds. The maximum absolute atomic E-state index is 11.1. The first-order valence-corrected chi connectivity index (χ1v) is 8.41. The molecule has 0 atom stereocenters. The van der Waals surface area contributed by atoms with E-state index in [1.54, 1.807) is 24.3 Å². The van der Waals surface area contributed by atoms with Gasteiger partial charge in [0.05, 0.1) is 18.6 Å². The number of aromatic carboxylic acids is 1. The van der Waals surface area contributed by atoms with Gasteiger partial charge >= 0.3 is 5.97 Å². The molecule has 2 aromatic rings. The fourth-order valence-electron chi connectivity index (χ4n) is 1.75. The van der Waals surface area contributed by atoms with Gasteiger partial charge in [-0.25, -0.2) is 9.78 Å². The summed E-state index contributed by atoms with van der Waals surface area (Å²) in [5, 5.41) is 9.09. The highest BCUT2D eigenvalue weighted by Crippen LogP contribution is 2.16. The molecular formula is C14H15NO7S. The monoisotopic (exact) mass is 341 g/mol. The van der Waals surface area contributed by atoms with Crippen LogP contribution in [0.4, 0.5) is 0 Å². The molecule has 0 aliphatic carbocycles. The van der Waals surface area contributed by atoms with E-state index in [0.717, 1.165) is 6.26 Å². The Morgan fingerprint density at radius 2 is 2.00 bits per heavy atom. The summed E-state index contributed by atoms with van der Waals surface area (Å²) in [5.41, 5.74) is 0.104. The van der Waals surface area contributed by atoms with E-state index in [1.165, 1.54) is 0 Å². The Labute approximate surface area is 132 Å². The summed E-state index contributed by atoms with van der Waals surface area (Å²) in [6, 6.07) is 8.90. The summed E-state index contributed by atoms with van der Waals surface area (Å²) < 4.78 is 36.9. The second kappa shape index (κ2) is 7.25. The van der Waals surface area contributed by atoms with Crippen LogP contribution in [-0.2, 0) is 27.3 Å². The average Bonchev–Trinajstić information content (AvgIpc) is 2.88. The molecule has 8 nitrogen and oxygen atoms in total. The van der Waals surface area contributed by atoms with Gasteiger partial charge in [0.2, 0.25) is 11.7 Å². The van der Waals surface area contributed by atoms with Crippen LogP contribution in [-0.4, -0.2) is 37.3 Å². The van der Waals surface area contributed by atoms with E-state index in [1.807, 2.05) is 6.07 Å². The molecule has 0 saturated carbocycles. The van der Waals surface area contributed by atoms with Crippen molar-refractivity contribution in [1.29, 1.82) is 0 Å². The summed E-state index contributed by atoms with van der Waals surface area (Å²) in [7, 11) is -3.60. The molecule has 23 heavy (non-hydrogen) atoms. The molecule has 1 aromatic heterocycles. The Bertz CT molecular complexity index is 768. The molecule has 2 rings (SSSR count). The number of carboxylic acids is 1. The Kier molecular flexibility index (Phi) is 5.35. The maximum Gasteiger partial charge on any atom is 0.373 e. The first-order valence-electron chi connectivity index (χ1n) is 6.59. The minimum atomic E-state index is -3.60. The summed E-state index contributed by atoms with van der Waals surface area (Å²) >= 11 is 0. The Balaban J connectivity index is 2.04. The third-order valence-corrected chi connectivity index (χ3v) is 3.27. The van der Waals surface area contributed by atoms with E-state index < -0.39 is 16.1 Å². The third kappa shape index (κ3) is 5.38. The van der Waals surface area contributed by atoms with Gasteiger partial charge in [0.1, 0.15) is 5.75 Å². The van der Waals surface area contributed by atoms with Crippen LogP contribution in [0.1, 0.15) is 22.1 Å². The highest BCUT2D eigenvalue weighted by atomic mass is 32.2. The molecule has 0 aliphatic heterocycles. The SMILES string of the molecule is CS(=O)(=O)OCCc1nc(COc2ccccc2)oc1C(=O)O. The zero-order chi connectivity index (χ0) is 16.9. The molecule has 1 aromatic carbocycles. The van der Waals surface area contributed by atoms with Crippen molar-refractivity contribution in [1.82, 2.24) is 4.98 Å². The lowest BCUT2D eigenvalue weighted by Crippen LogP contribution is -2.08. The van der Waals surface area contributed by atoms with Crippen molar-refractivity contribution in [2.75, 3.05) is 12.9 Å². The number of carboxylic acid groups (broad SMARTS) is 1. The Hall–Kier alpha value is -2.39. The predicted octanol–water partition coefficient (Wildman–Crippen LogP) is 1.47. The molecule has 0 spiro atoms. The first kappa shape index (κ1) is 17.0. The number of ether oxygens (including phenoxy) is 1. The summed E-state index contributed by atoms with van der Waals surface area (Å²) in [6.45, 7) is -0.262. The van der Waals surface area contributed by atoms with Crippen molar-refractivity contribution in [3.05, 3.63) is 47.7 Å². The van der Waals surface area contributed by atoms with Crippen LogP contribution in [0, 0.1) is 0 Å². The number of para-hydroxylation sites is 1. The summed E-state index contributed by atoms with van der Waals surface area (Å²) in [6.07, 6.45) is 0.899. The van der Waals surface area contributed by atoms with Crippen LogP contribution in [0.3, 0.4) is 0 Å². The second-order valence-corrected chi connectivity index (χ2v) is 6.21. The lowest BCUT2D eigenvalue weighted by atomic mass is 10.3. The number of carbonyl (C=O) groups is 1. The van der Waals surface area contributed by atoms with Crippen LogP contribution < -0.4 is 4.74 Å². The lowest BCUT2D eigenvalue weighted by molar-refractivity contribution is 0.0656. The molecule has 0 unspecified atom stereocenters. The van der Waals surface area contributed by atoms with E-state index in [0.29, 0.717) is 5.75 Å². The lowest BCUT2D eigenvalue weighted by Gasteiger charge is -2.01. The fraction of sp³-hybridized carbons (Fsp3) is 0.286. The van der Waals surface area contributed by atoms with Gasteiger partial charge < -0.3 is 14.3 Å². The molecule has 0 saturated heterocycles. The highest BCUT2D eigenvalue weighted by Gasteiger charge is 2.20. The number of aromatic nitrogens is 1. The number of hydrogen-bond acceptors (Lipinski definition) is 7. The van der Waals surface area contributed by atoms with Crippen LogP contribution >= 0.6 is 0 Å². The predicted molar refractivity (Wildman–Crippen MR) is 78.7 cm³/mol. The van der Waals surface area contributed by atoms with Gasteiger partial charge in [-0.1, -0.05) is 18.2 Å². The van der Waals surface area contributed by atoms with E-state index in [4.69, 9.17) is 14.3 Å². The van der Waals surface area contributed by atoms with Crippen LogP contribution in [0.5, 0.6) is 5.75 Å². The van der Waals surface area contributed by atoms with Gasteiger partial charge in [0.15, 0.2) is 6.61 Å². The van der Waals surface area contributed by atoms with E-state index in [2.05, 4.69) is 9.17 Å². The molecule has 0 aliphatic rings. The average molecular weight is 341 g/mol. The van der Waals surface area contributed by atoms with Crippen molar-refractivity contribution in [3.63, 3.8) is 0 Å². The molecule has 1 heterocycles. The zero-order valence-electron chi connectivity index (χ0n) is 12.3. The summed E-state index contributed by atoms with van der Waals surface area (Å²) in [4.78, 5) is 15.2. The van der Waals surface area contributed by atoms with Crippen LogP contribution in [0.25, 0.3) is 0 Å². The van der Waals surface area contributed by atoms with Crippen molar-refractivity contribution >= 4 is 16.1 Å². The minimum absolute atomic E-state index is 0.0104. The number of hydrogen-bond donors (Lipinski definition) is 1. The molecule has 0 fully saturated rings. The third-order valence-electron chi connectivity index (χ3n) is 2.68. The van der Waals surface area contributed by atoms with E-state index >= 15 is 0 Å². The van der Waals surface area contributed by atoms with Crippen molar-refractivity contribution < 1.29 is 31.7 Å². The number of oxazole rings is 1. The highest BCUT2D eigenvalue weighted by molar-refractivity contribution is 7.85. The van der Waals surface area contributed by atoms with Gasteiger partial charge in [-0.3, -0.25) is 4.18 Å². The van der Waals surface area contributed by atoms with Crippen molar-refractivity contribution in [3.8, 4) is 5.75 Å². The Morgan fingerprint density at radius 1 is 1.30 bits per heavy atom. The maximum atomic E-state index is 11.1. The topological polar surface area (TPSA) is 116 Å². The summed E-state index contributed by atoms with van der Waals surface area (Å²) in [5.74, 6) is -0.975. The molecule has 0 bridgehead atoms. The van der Waals surface area contributed by atoms with Gasteiger partial charge in [0, 0.05) is 6.42 Å². The minimum Gasteiger partial charge on any atom is -0.484 e. The van der Waals surface area contributed by atoms with E-state index in [9.17, 15) is 13.2 Å². The first-order chi connectivity index (χ1) is 10.8. The van der Waals surface area contributed by atoms with Gasteiger partial charge in [-0.05, 0) is 12.1 Å². The number of rotatable bonds is 8. The van der Waals surface area contributed by atoms with Crippen LogP contribution in [0.15, 0.2) is 34.7 Å². The fourth-order valence-corrected chi connectivity index (χ4v) is 2.14. The smallest absolute Gasteiger partial charge is 0.373 e. The normalized spacial score (nSPS) is 11.3. The largest absolute Gasteiger partial charge is 0.484 e. The van der Waals surface area contributed by atoms with E-state index in [-0.39, 0.29) is 37.0 Å². The molecule has 0 radical (unpaired) electrons.